The fourth-order valence-corrected chi connectivity index (χ4v) is 3.46. The zero-order valence-electron chi connectivity index (χ0n) is 15.8. The normalized spacial score (nSPS) is 11.5. The van der Waals surface area contributed by atoms with Crippen LogP contribution in [0.1, 0.15) is 13.8 Å². The van der Waals surface area contributed by atoms with Gasteiger partial charge in [0.15, 0.2) is 0 Å². The molecule has 0 aromatic heterocycles. The molecule has 0 aliphatic carbocycles. The molecule has 0 heterocycles. The predicted octanol–water partition coefficient (Wildman–Crippen LogP) is 2.74. The summed E-state index contributed by atoms with van der Waals surface area (Å²) in [6.07, 6.45) is -0.0545. The second-order valence-corrected chi connectivity index (χ2v) is 8.19. The molecule has 0 spiro atoms. The maximum absolute atomic E-state index is 12.6. The molecule has 2 aromatic carbocycles. The lowest BCUT2D eigenvalue weighted by molar-refractivity contribution is -0.116. The summed E-state index contributed by atoms with van der Waals surface area (Å²) in [5, 5.41) is 2.70. The van der Waals surface area contributed by atoms with Crippen LogP contribution in [0.5, 0.6) is 11.5 Å². The van der Waals surface area contributed by atoms with E-state index in [4.69, 9.17) is 9.47 Å². The summed E-state index contributed by atoms with van der Waals surface area (Å²) < 4.78 is 36.9. The molecular weight excluding hydrogens is 368 g/mol. The first-order valence-corrected chi connectivity index (χ1v) is 9.84. The molecule has 0 saturated carbocycles. The summed E-state index contributed by atoms with van der Waals surface area (Å²) in [6.45, 7) is 3.44. The Labute approximate surface area is 160 Å². The predicted molar refractivity (Wildman–Crippen MR) is 104 cm³/mol. The molecule has 0 bridgehead atoms. The first-order valence-electron chi connectivity index (χ1n) is 8.40. The monoisotopic (exact) mass is 392 g/mol. The number of anilines is 1. The van der Waals surface area contributed by atoms with Crippen molar-refractivity contribution in [2.75, 3.05) is 26.0 Å². The molecule has 8 heteroatoms. The third kappa shape index (κ3) is 5.45. The topological polar surface area (TPSA) is 84.9 Å². The quantitative estimate of drug-likeness (QED) is 0.747. The van der Waals surface area contributed by atoms with Gasteiger partial charge in [-0.05, 0) is 50.2 Å². The smallest absolute Gasteiger partial charge is 0.243 e. The van der Waals surface area contributed by atoms with Gasteiger partial charge in [-0.3, -0.25) is 4.79 Å². The van der Waals surface area contributed by atoms with E-state index in [1.165, 1.54) is 26.3 Å². The van der Waals surface area contributed by atoms with E-state index in [0.29, 0.717) is 17.2 Å². The number of hydrogen-bond acceptors (Lipinski definition) is 5. The summed E-state index contributed by atoms with van der Waals surface area (Å²) in [5.74, 6) is 0.618. The summed E-state index contributed by atoms with van der Waals surface area (Å²) in [5.41, 5.74) is 0.492. The standard InChI is InChI=1S/C19H24N2O5S/c1-14(2)26-18-8-6-5-7-17(18)20-19(22)13-21(3)27(23,24)16-11-9-15(25-4)10-12-16/h5-12,14H,13H2,1-4H3,(H,20,22). The lowest BCUT2D eigenvalue weighted by atomic mass is 10.3. The van der Waals surface area contributed by atoms with E-state index >= 15 is 0 Å². The molecule has 1 N–H and O–H groups in total. The number of amides is 1. The van der Waals surface area contributed by atoms with E-state index in [2.05, 4.69) is 5.32 Å². The van der Waals surface area contributed by atoms with Crippen molar-refractivity contribution in [3.8, 4) is 11.5 Å². The number of likely N-dealkylation sites (N-methyl/N-ethyl adjacent to an activating group) is 1. The van der Waals surface area contributed by atoms with E-state index in [-0.39, 0.29) is 17.5 Å². The number of para-hydroxylation sites is 2. The minimum atomic E-state index is -3.79. The molecule has 27 heavy (non-hydrogen) atoms. The number of carbonyl (C=O) groups is 1. The highest BCUT2D eigenvalue weighted by Gasteiger charge is 2.23. The van der Waals surface area contributed by atoms with E-state index in [1.807, 2.05) is 13.8 Å². The molecule has 1 amide bonds. The highest BCUT2D eigenvalue weighted by atomic mass is 32.2. The van der Waals surface area contributed by atoms with Gasteiger partial charge in [0, 0.05) is 7.05 Å². The lowest BCUT2D eigenvalue weighted by Gasteiger charge is -2.18. The first kappa shape index (κ1) is 20.7. The number of rotatable bonds is 8. The van der Waals surface area contributed by atoms with Crippen LogP contribution in [0.15, 0.2) is 53.4 Å². The van der Waals surface area contributed by atoms with Gasteiger partial charge in [-0.25, -0.2) is 8.42 Å². The van der Waals surface area contributed by atoms with Crippen LogP contribution < -0.4 is 14.8 Å². The number of ether oxygens (including phenoxy) is 2. The van der Waals surface area contributed by atoms with Gasteiger partial charge >= 0.3 is 0 Å². The molecule has 2 rings (SSSR count). The molecule has 0 saturated heterocycles. The average molecular weight is 392 g/mol. The highest BCUT2D eigenvalue weighted by molar-refractivity contribution is 7.89. The SMILES string of the molecule is COc1ccc(S(=O)(=O)N(C)CC(=O)Nc2ccccc2OC(C)C)cc1. The summed E-state index contributed by atoms with van der Waals surface area (Å²) in [7, 11) is -0.937. The van der Waals surface area contributed by atoms with Crippen molar-refractivity contribution in [2.45, 2.75) is 24.8 Å². The van der Waals surface area contributed by atoms with E-state index in [9.17, 15) is 13.2 Å². The number of sulfonamides is 1. The fraction of sp³-hybridized carbons (Fsp3) is 0.316. The van der Waals surface area contributed by atoms with Crippen molar-refractivity contribution in [1.29, 1.82) is 0 Å². The van der Waals surface area contributed by atoms with Crippen LogP contribution in [0.2, 0.25) is 0 Å². The first-order chi connectivity index (χ1) is 12.7. The minimum absolute atomic E-state index is 0.0545. The van der Waals surface area contributed by atoms with E-state index in [1.54, 1.807) is 36.4 Å². The van der Waals surface area contributed by atoms with Crippen LogP contribution >= 0.6 is 0 Å². The van der Waals surface area contributed by atoms with Crippen LogP contribution in [0.3, 0.4) is 0 Å². The van der Waals surface area contributed by atoms with Crippen molar-refractivity contribution >= 4 is 21.6 Å². The largest absolute Gasteiger partial charge is 0.497 e. The molecule has 0 fully saturated rings. The second kappa shape index (κ2) is 8.88. The van der Waals surface area contributed by atoms with E-state index < -0.39 is 15.9 Å². The van der Waals surface area contributed by atoms with Crippen LogP contribution in [0.25, 0.3) is 0 Å². The van der Waals surface area contributed by atoms with Crippen LogP contribution in [-0.2, 0) is 14.8 Å². The Hall–Kier alpha value is -2.58. The zero-order valence-corrected chi connectivity index (χ0v) is 16.6. The Morgan fingerprint density at radius 2 is 1.74 bits per heavy atom. The maximum Gasteiger partial charge on any atom is 0.243 e. The Kier molecular flexibility index (Phi) is 6.81. The van der Waals surface area contributed by atoms with Gasteiger partial charge in [-0.15, -0.1) is 0 Å². The van der Waals surface area contributed by atoms with Gasteiger partial charge in [-0.1, -0.05) is 12.1 Å². The molecule has 2 aromatic rings. The highest BCUT2D eigenvalue weighted by Crippen LogP contribution is 2.25. The molecule has 0 aliphatic rings. The summed E-state index contributed by atoms with van der Waals surface area (Å²) >= 11 is 0. The van der Waals surface area contributed by atoms with Crippen molar-refractivity contribution in [3.63, 3.8) is 0 Å². The number of nitrogens with one attached hydrogen (secondary N) is 1. The zero-order chi connectivity index (χ0) is 20.0. The third-order valence-electron chi connectivity index (χ3n) is 3.66. The molecule has 7 nitrogen and oxygen atoms in total. The van der Waals surface area contributed by atoms with Crippen LogP contribution in [-0.4, -0.2) is 45.4 Å². The number of methoxy groups -OCH3 is 1. The van der Waals surface area contributed by atoms with Gasteiger partial charge in [0.1, 0.15) is 11.5 Å². The fourth-order valence-electron chi connectivity index (χ4n) is 2.33. The van der Waals surface area contributed by atoms with Crippen molar-refractivity contribution in [1.82, 2.24) is 4.31 Å². The Bertz CT molecular complexity index is 879. The number of benzene rings is 2. The van der Waals surface area contributed by atoms with E-state index in [0.717, 1.165) is 4.31 Å². The Balaban J connectivity index is 2.08. The number of carbonyl (C=O) groups excluding carboxylic acids is 1. The molecular formula is C19H24N2O5S. The maximum atomic E-state index is 12.6. The van der Waals surface area contributed by atoms with Gasteiger partial charge < -0.3 is 14.8 Å². The van der Waals surface area contributed by atoms with Crippen molar-refractivity contribution in [2.24, 2.45) is 0 Å². The van der Waals surface area contributed by atoms with Gasteiger partial charge in [0.2, 0.25) is 15.9 Å². The molecule has 0 aliphatic heterocycles. The molecule has 0 unspecified atom stereocenters. The van der Waals surface area contributed by atoms with Crippen LogP contribution in [0, 0.1) is 0 Å². The third-order valence-corrected chi connectivity index (χ3v) is 5.48. The minimum Gasteiger partial charge on any atom is -0.497 e. The lowest BCUT2D eigenvalue weighted by Crippen LogP contribution is -2.35. The number of hydrogen-bond donors (Lipinski definition) is 1. The average Bonchev–Trinajstić information content (AvgIpc) is 2.62. The Morgan fingerprint density at radius 1 is 1.11 bits per heavy atom. The number of nitrogens with zero attached hydrogens (tertiary/aromatic N) is 1. The second-order valence-electron chi connectivity index (χ2n) is 6.15. The van der Waals surface area contributed by atoms with Crippen molar-refractivity contribution in [3.05, 3.63) is 48.5 Å². The van der Waals surface area contributed by atoms with Crippen LogP contribution in [0.4, 0.5) is 5.69 Å². The summed E-state index contributed by atoms with van der Waals surface area (Å²) in [4.78, 5) is 12.4. The van der Waals surface area contributed by atoms with Crippen molar-refractivity contribution < 1.29 is 22.7 Å². The van der Waals surface area contributed by atoms with Gasteiger partial charge in [-0.2, -0.15) is 4.31 Å². The Morgan fingerprint density at radius 3 is 2.33 bits per heavy atom. The summed E-state index contributed by atoms with van der Waals surface area (Å²) in [6, 6.07) is 13.0. The molecule has 0 radical (unpaired) electrons. The van der Waals surface area contributed by atoms with Gasteiger partial charge in [0.05, 0.1) is 30.3 Å². The van der Waals surface area contributed by atoms with Gasteiger partial charge in [0.25, 0.3) is 0 Å². The molecule has 0 atom stereocenters. The molecule has 146 valence electrons.